The molecule has 112 valence electrons. The van der Waals surface area contributed by atoms with Gasteiger partial charge in [-0.2, -0.15) is 0 Å². The zero-order chi connectivity index (χ0) is 15.2. The number of methoxy groups -OCH3 is 1. The van der Waals surface area contributed by atoms with Crippen molar-refractivity contribution in [2.24, 2.45) is 0 Å². The topological polar surface area (TPSA) is 66.2 Å². The lowest BCUT2D eigenvalue weighted by molar-refractivity contribution is -0.139. The quantitative estimate of drug-likeness (QED) is 0.602. The number of aromatic nitrogens is 3. The Morgan fingerprint density at radius 2 is 2.00 bits per heavy atom. The average molecular weight is 307 g/mol. The van der Waals surface area contributed by atoms with Crippen LogP contribution in [-0.4, -0.2) is 40.2 Å². The number of aryl methyl sites for hydroxylation is 1. The van der Waals surface area contributed by atoms with Gasteiger partial charge in [-0.3, -0.25) is 9.36 Å². The molecule has 0 amide bonds. The highest BCUT2D eigenvalue weighted by molar-refractivity contribution is 7.99. The van der Waals surface area contributed by atoms with Crippen molar-refractivity contribution in [3.05, 3.63) is 30.1 Å². The van der Waals surface area contributed by atoms with E-state index in [9.17, 15) is 4.79 Å². The van der Waals surface area contributed by atoms with Crippen molar-refractivity contribution < 1.29 is 14.3 Å². The lowest BCUT2D eigenvalue weighted by Crippen LogP contribution is -2.08. The molecule has 0 saturated carbocycles. The number of carbonyl (C=O) groups is 1. The van der Waals surface area contributed by atoms with Crippen LogP contribution in [0, 0.1) is 6.92 Å². The molecule has 0 bridgehead atoms. The van der Waals surface area contributed by atoms with Gasteiger partial charge in [0.1, 0.15) is 11.6 Å². The summed E-state index contributed by atoms with van der Waals surface area (Å²) in [5.74, 6) is 1.49. The minimum Gasteiger partial charge on any atom is -0.497 e. The molecule has 1 aromatic heterocycles. The summed E-state index contributed by atoms with van der Waals surface area (Å²) >= 11 is 1.30. The molecule has 0 aliphatic carbocycles. The van der Waals surface area contributed by atoms with Crippen LogP contribution >= 0.6 is 11.8 Å². The number of nitrogens with zero attached hydrogens (tertiary/aromatic N) is 3. The smallest absolute Gasteiger partial charge is 0.316 e. The van der Waals surface area contributed by atoms with Crippen molar-refractivity contribution in [3.8, 4) is 11.4 Å². The molecule has 0 aliphatic rings. The number of carbonyl (C=O) groups excluding carboxylic acids is 1. The predicted molar refractivity (Wildman–Crippen MR) is 80.0 cm³/mol. The van der Waals surface area contributed by atoms with Gasteiger partial charge in [-0.05, 0) is 38.1 Å². The monoisotopic (exact) mass is 307 g/mol. The first kappa shape index (κ1) is 15.4. The van der Waals surface area contributed by atoms with Gasteiger partial charge in [0.2, 0.25) is 0 Å². The van der Waals surface area contributed by atoms with Crippen LogP contribution in [0.2, 0.25) is 0 Å². The third-order valence-corrected chi connectivity index (χ3v) is 3.65. The van der Waals surface area contributed by atoms with Gasteiger partial charge in [-0.1, -0.05) is 11.8 Å². The van der Waals surface area contributed by atoms with Gasteiger partial charge >= 0.3 is 5.97 Å². The van der Waals surface area contributed by atoms with Crippen LogP contribution in [0.4, 0.5) is 0 Å². The fourth-order valence-corrected chi connectivity index (χ4v) is 2.59. The van der Waals surface area contributed by atoms with Crippen molar-refractivity contribution in [2.45, 2.75) is 19.0 Å². The maximum absolute atomic E-state index is 11.4. The molecule has 0 aliphatic heterocycles. The van der Waals surface area contributed by atoms with Gasteiger partial charge in [-0.25, -0.2) is 0 Å². The van der Waals surface area contributed by atoms with Crippen molar-refractivity contribution in [3.63, 3.8) is 0 Å². The number of hydrogen-bond donors (Lipinski definition) is 0. The maximum Gasteiger partial charge on any atom is 0.316 e. The molecule has 7 heteroatoms. The first-order valence-corrected chi connectivity index (χ1v) is 7.49. The molecule has 2 rings (SSSR count). The number of benzene rings is 1. The predicted octanol–water partition coefficient (Wildman–Crippen LogP) is 2.24. The number of rotatable bonds is 6. The van der Waals surface area contributed by atoms with Gasteiger partial charge in [0.25, 0.3) is 0 Å². The van der Waals surface area contributed by atoms with E-state index in [1.54, 1.807) is 14.0 Å². The first-order chi connectivity index (χ1) is 10.2. The molecule has 1 heterocycles. The summed E-state index contributed by atoms with van der Waals surface area (Å²) in [6, 6.07) is 7.58. The van der Waals surface area contributed by atoms with E-state index in [1.165, 1.54) is 11.8 Å². The lowest BCUT2D eigenvalue weighted by Gasteiger charge is -2.09. The molecule has 0 N–H and O–H groups in total. The zero-order valence-electron chi connectivity index (χ0n) is 12.2. The summed E-state index contributed by atoms with van der Waals surface area (Å²) in [6.45, 7) is 4.03. The Hall–Kier alpha value is -2.02. The second kappa shape index (κ2) is 7.12. The summed E-state index contributed by atoms with van der Waals surface area (Å²) in [5, 5.41) is 8.83. The van der Waals surface area contributed by atoms with E-state index in [0.29, 0.717) is 11.8 Å². The number of ether oxygens (including phenoxy) is 2. The minimum atomic E-state index is -0.260. The van der Waals surface area contributed by atoms with Crippen molar-refractivity contribution in [1.29, 1.82) is 0 Å². The molecule has 21 heavy (non-hydrogen) atoms. The molecular formula is C14H17N3O3S. The number of hydrogen-bond acceptors (Lipinski definition) is 6. The standard InChI is InChI=1S/C14H17N3O3S/c1-4-20-13(18)9-21-14-16-15-10(2)17(14)11-5-7-12(19-3)8-6-11/h5-8H,4,9H2,1-3H3. The molecule has 6 nitrogen and oxygen atoms in total. The Morgan fingerprint density at radius 3 is 2.62 bits per heavy atom. The van der Waals surface area contributed by atoms with Gasteiger partial charge in [0, 0.05) is 5.69 Å². The molecule has 1 aromatic carbocycles. The Morgan fingerprint density at radius 1 is 1.29 bits per heavy atom. The summed E-state index contributed by atoms with van der Waals surface area (Å²) in [6.07, 6.45) is 0. The van der Waals surface area contributed by atoms with Crippen molar-refractivity contribution in [2.75, 3.05) is 19.5 Å². The van der Waals surface area contributed by atoms with Crippen LogP contribution in [-0.2, 0) is 9.53 Å². The largest absolute Gasteiger partial charge is 0.497 e. The summed E-state index contributed by atoms with van der Waals surface area (Å²) in [5.41, 5.74) is 0.921. The third-order valence-electron chi connectivity index (χ3n) is 2.75. The van der Waals surface area contributed by atoms with Crippen molar-refractivity contribution in [1.82, 2.24) is 14.8 Å². The van der Waals surface area contributed by atoms with E-state index in [2.05, 4.69) is 10.2 Å². The molecule has 0 unspecified atom stereocenters. The average Bonchev–Trinajstić information content (AvgIpc) is 2.86. The Labute approximate surface area is 127 Å². The highest BCUT2D eigenvalue weighted by atomic mass is 32.2. The van der Waals surface area contributed by atoms with E-state index in [1.807, 2.05) is 35.8 Å². The molecule has 0 spiro atoms. The highest BCUT2D eigenvalue weighted by Gasteiger charge is 2.13. The SMILES string of the molecule is CCOC(=O)CSc1nnc(C)n1-c1ccc(OC)cc1. The maximum atomic E-state index is 11.4. The third kappa shape index (κ3) is 3.75. The van der Waals surface area contributed by atoms with Crippen LogP contribution < -0.4 is 4.74 Å². The normalized spacial score (nSPS) is 10.4. The molecule has 0 saturated heterocycles. The van der Waals surface area contributed by atoms with Gasteiger partial charge in [-0.15, -0.1) is 10.2 Å². The second-order valence-corrected chi connectivity index (χ2v) is 5.10. The summed E-state index contributed by atoms with van der Waals surface area (Å²) in [7, 11) is 1.62. The molecule has 0 atom stereocenters. The van der Waals surface area contributed by atoms with E-state index in [4.69, 9.17) is 9.47 Å². The molecule has 2 aromatic rings. The Balaban J connectivity index is 2.19. The van der Waals surface area contributed by atoms with Crippen LogP contribution in [0.25, 0.3) is 5.69 Å². The van der Waals surface area contributed by atoms with E-state index in [-0.39, 0.29) is 11.7 Å². The lowest BCUT2D eigenvalue weighted by atomic mass is 10.3. The molecule has 0 fully saturated rings. The Kier molecular flexibility index (Phi) is 5.21. The fraction of sp³-hybridized carbons (Fsp3) is 0.357. The second-order valence-electron chi connectivity index (χ2n) is 4.16. The minimum absolute atomic E-state index is 0.210. The molecular weight excluding hydrogens is 290 g/mol. The number of esters is 1. The van der Waals surface area contributed by atoms with Crippen LogP contribution in [0.1, 0.15) is 12.7 Å². The Bertz CT molecular complexity index is 610. The number of thioether (sulfide) groups is 1. The van der Waals surface area contributed by atoms with E-state index >= 15 is 0 Å². The first-order valence-electron chi connectivity index (χ1n) is 6.50. The fourth-order valence-electron chi connectivity index (χ4n) is 1.79. The van der Waals surface area contributed by atoms with E-state index < -0.39 is 0 Å². The van der Waals surface area contributed by atoms with E-state index in [0.717, 1.165) is 17.3 Å². The van der Waals surface area contributed by atoms with Crippen LogP contribution in [0.5, 0.6) is 5.75 Å². The summed E-state index contributed by atoms with van der Waals surface area (Å²) < 4.78 is 12.0. The molecule has 0 radical (unpaired) electrons. The van der Waals surface area contributed by atoms with Gasteiger partial charge in [0.05, 0.1) is 19.5 Å². The summed E-state index contributed by atoms with van der Waals surface area (Å²) in [4.78, 5) is 11.4. The highest BCUT2D eigenvalue weighted by Crippen LogP contribution is 2.23. The zero-order valence-corrected chi connectivity index (χ0v) is 13.0. The van der Waals surface area contributed by atoms with Gasteiger partial charge < -0.3 is 9.47 Å². The van der Waals surface area contributed by atoms with Crippen molar-refractivity contribution >= 4 is 17.7 Å². The van der Waals surface area contributed by atoms with Crippen LogP contribution in [0.15, 0.2) is 29.4 Å². The van der Waals surface area contributed by atoms with Gasteiger partial charge in [0.15, 0.2) is 5.16 Å². The van der Waals surface area contributed by atoms with Crippen LogP contribution in [0.3, 0.4) is 0 Å².